The molecule has 3 heterocycles. The minimum absolute atomic E-state index is 0.0504. The Bertz CT molecular complexity index is 947. The molecule has 0 radical (unpaired) electrons. The zero-order valence-electron chi connectivity index (χ0n) is 16.0. The van der Waals surface area contributed by atoms with Crippen molar-refractivity contribution in [3.8, 4) is 11.3 Å². The number of anilines is 1. The number of amides is 1. The molecule has 1 aromatic carbocycles. The summed E-state index contributed by atoms with van der Waals surface area (Å²) in [6.45, 7) is 1.94. The van der Waals surface area contributed by atoms with Crippen molar-refractivity contribution in [2.24, 2.45) is 5.92 Å². The fraction of sp³-hybridized carbons (Fsp3) is 0.273. The van der Waals surface area contributed by atoms with Gasteiger partial charge in [0, 0.05) is 37.6 Å². The van der Waals surface area contributed by atoms with E-state index in [4.69, 9.17) is 0 Å². The van der Waals surface area contributed by atoms with Crippen LogP contribution in [-0.4, -0.2) is 34.2 Å². The first-order chi connectivity index (χ1) is 14.2. The monoisotopic (exact) mass is 391 g/mol. The van der Waals surface area contributed by atoms with Gasteiger partial charge in [-0.25, -0.2) is 4.39 Å². The molecule has 1 unspecified atom stereocenters. The summed E-state index contributed by atoms with van der Waals surface area (Å²) >= 11 is 0. The maximum absolute atomic E-state index is 13.1. The summed E-state index contributed by atoms with van der Waals surface area (Å²) in [5.41, 5.74) is 2.49. The van der Waals surface area contributed by atoms with Gasteiger partial charge < -0.3 is 10.2 Å². The molecule has 1 saturated heterocycles. The van der Waals surface area contributed by atoms with E-state index in [1.165, 1.54) is 12.1 Å². The summed E-state index contributed by atoms with van der Waals surface area (Å²) in [6.07, 6.45) is 5.25. The number of hydrogen-bond donors (Lipinski definition) is 1. The highest BCUT2D eigenvalue weighted by molar-refractivity contribution is 5.79. The first-order valence-electron chi connectivity index (χ1n) is 9.70. The molecule has 1 amide bonds. The van der Waals surface area contributed by atoms with Crippen molar-refractivity contribution in [2.45, 2.75) is 19.4 Å². The van der Waals surface area contributed by atoms with Crippen LogP contribution < -0.4 is 10.2 Å². The van der Waals surface area contributed by atoms with Crippen LogP contribution >= 0.6 is 0 Å². The molecule has 1 aliphatic rings. The predicted octanol–water partition coefficient (Wildman–Crippen LogP) is 3.21. The second kappa shape index (κ2) is 8.77. The van der Waals surface area contributed by atoms with Crippen LogP contribution in [0.25, 0.3) is 11.3 Å². The molecular formula is C22H22FN5O. The summed E-state index contributed by atoms with van der Waals surface area (Å²) in [7, 11) is 0. The third-order valence-electron chi connectivity index (χ3n) is 5.10. The number of piperidine rings is 1. The van der Waals surface area contributed by atoms with Gasteiger partial charge in [-0.3, -0.25) is 9.78 Å². The van der Waals surface area contributed by atoms with Gasteiger partial charge in [0.1, 0.15) is 5.82 Å². The number of pyridine rings is 1. The maximum Gasteiger partial charge on any atom is 0.225 e. The Kier molecular flexibility index (Phi) is 5.74. The molecule has 0 saturated carbocycles. The molecule has 7 heteroatoms. The van der Waals surface area contributed by atoms with Gasteiger partial charge in [0.15, 0.2) is 5.82 Å². The number of nitrogens with zero attached hydrogens (tertiary/aromatic N) is 4. The lowest BCUT2D eigenvalue weighted by molar-refractivity contribution is -0.125. The van der Waals surface area contributed by atoms with Crippen LogP contribution in [0.2, 0.25) is 0 Å². The molecule has 6 nitrogen and oxygen atoms in total. The van der Waals surface area contributed by atoms with Gasteiger partial charge in [0.05, 0.1) is 11.6 Å². The highest BCUT2D eigenvalue weighted by Gasteiger charge is 2.26. The minimum atomic E-state index is -0.278. The fourth-order valence-corrected chi connectivity index (χ4v) is 3.50. The smallest absolute Gasteiger partial charge is 0.225 e. The van der Waals surface area contributed by atoms with E-state index in [-0.39, 0.29) is 17.6 Å². The van der Waals surface area contributed by atoms with Crippen LogP contribution in [-0.2, 0) is 11.3 Å². The molecule has 1 fully saturated rings. The molecule has 0 aliphatic carbocycles. The van der Waals surface area contributed by atoms with E-state index in [0.717, 1.165) is 36.3 Å². The summed E-state index contributed by atoms with van der Waals surface area (Å²) in [5, 5.41) is 11.6. The van der Waals surface area contributed by atoms with Crippen molar-refractivity contribution >= 4 is 11.7 Å². The average molecular weight is 391 g/mol. The molecule has 1 aliphatic heterocycles. The Labute approximate surface area is 168 Å². The van der Waals surface area contributed by atoms with Gasteiger partial charge in [-0.05, 0) is 60.9 Å². The number of benzene rings is 1. The number of carbonyl (C=O) groups excluding carboxylic acids is 1. The zero-order chi connectivity index (χ0) is 20.1. The SMILES string of the molecule is O=C(NCc1cccnc1)C1CCCN(c2ccc(-c3ccc(F)cc3)nn2)C1. The lowest BCUT2D eigenvalue weighted by Gasteiger charge is -2.32. The summed E-state index contributed by atoms with van der Waals surface area (Å²) < 4.78 is 13.1. The van der Waals surface area contributed by atoms with E-state index in [1.54, 1.807) is 24.5 Å². The second-order valence-corrected chi connectivity index (χ2v) is 7.15. The Balaban J connectivity index is 1.37. The fourth-order valence-electron chi connectivity index (χ4n) is 3.50. The number of carbonyl (C=O) groups is 1. The minimum Gasteiger partial charge on any atom is -0.354 e. The average Bonchev–Trinajstić information content (AvgIpc) is 2.79. The zero-order valence-corrected chi connectivity index (χ0v) is 16.0. The van der Waals surface area contributed by atoms with Crippen molar-refractivity contribution in [2.75, 3.05) is 18.0 Å². The normalized spacial score (nSPS) is 16.4. The van der Waals surface area contributed by atoms with E-state index >= 15 is 0 Å². The molecule has 148 valence electrons. The third-order valence-corrected chi connectivity index (χ3v) is 5.10. The molecule has 1 atom stereocenters. The first kappa shape index (κ1) is 19.0. The first-order valence-corrected chi connectivity index (χ1v) is 9.70. The van der Waals surface area contributed by atoms with E-state index in [0.29, 0.717) is 18.8 Å². The predicted molar refractivity (Wildman–Crippen MR) is 108 cm³/mol. The van der Waals surface area contributed by atoms with Crippen LogP contribution in [0.3, 0.4) is 0 Å². The van der Waals surface area contributed by atoms with Crippen LogP contribution in [0.1, 0.15) is 18.4 Å². The molecule has 29 heavy (non-hydrogen) atoms. The summed E-state index contributed by atoms with van der Waals surface area (Å²) in [4.78, 5) is 18.8. The largest absolute Gasteiger partial charge is 0.354 e. The lowest BCUT2D eigenvalue weighted by Crippen LogP contribution is -2.43. The van der Waals surface area contributed by atoms with Gasteiger partial charge in [0.2, 0.25) is 5.91 Å². The standard InChI is InChI=1S/C22H22FN5O/c23-19-7-5-17(6-8-19)20-9-10-21(27-26-20)28-12-2-4-18(15-28)22(29)25-14-16-3-1-11-24-13-16/h1,3,5-11,13,18H,2,4,12,14-15H2,(H,25,29). The van der Waals surface area contributed by atoms with Crippen LogP contribution in [0.5, 0.6) is 0 Å². The Morgan fingerprint density at radius 2 is 2.00 bits per heavy atom. The quantitative estimate of drug-likeness (QED) is 0.723. The van der Waals surface area contributed by atoms with Crippen LogP contribution in [0.4, 0.5) is 10.2 Å². The van der Waals surface area contributed by atoms with Crippen molar-refractivity contribution in [3.63, 3.8) is 0 Å². The lowest BCUT2D eigenvalue weighted by atomic mass is 9.97. The topological polar surface area (TPSA) is 71.0 Å². The summed E-state index contributed by atoms with van der Waals surface area (Å²) in [5.74, 6) is 0.438. The molecule has 1 N–H and O–H groups in total. The Hall–Kier alpha value is -3.35. The van der Waals surface area contributed by atoms with Gasteiger partial charge in [-0.15, -0.1) is 10.2 Å². The molecule has 4 rings (SSSR count). The highest BCUT2D eigenvalue weighted by Crippen LogP contribution is 2.23. The van der Waals surface area contributed by atoms with Crippen molar-refractivity contribution in [1.29, 1.82) is 0 Å². The van der Waals surface area contributed by atoms with Crippen molar-refractivity contribution < 1.29 is 9.18 Å². The van der Waals surface area contributed by atoms with Gasteiger partial charge in [-0.1, -0.05) is 6.07 Å². The molecular weight excluding hydrogens is 369 g/mol. The maximum atomic E-state index is 13.1. The highest BCUT2D eigenvalue weighted by atomic mass is 19.1. The molecule has 0 spiro atoms. The van der Waals surface area contributed by atoms with Crippen molar-refractivity contribution in [3.05, 3.63) is 72.3 Å². The second-order valence-electron chi connectivity index (χ2n) is 7.15. The number of halogens is 1. The van der Waals surface area contributed by atoms with E-state index in [2.05, 4.69) is 25.4 Å². The van der Waals surface area contributed by atoms with Crippen molar-refractivity contribution in [1.82, 2.24) is 20.5 Å². The molecule has 3 aromatic rings. The van der Waals surface area contributed by atoms with Gasteiger partial charge >= 0.3 is 0 Å². The Morgan fingerprint density at radius 3 is 2.72 bits per heavy atom. The van der Waals surface area contributed by atoms with Gasteiger partial charge in [0.25, 0.3) is 0 Å². The Morgan fingerprint density at radius 1 is 1.14 bits per heavy atom. The molecule has 0 bridgehead atoms. The molecule has 2 aromatic heterocycles. The van der Waals surface area contributed by atoms with Crippen LogP contribution in [0.15, 0.2) is 60.9 Å². The van der Waals surface area contributed by atoms with E-state index in [1.807, 2.05) is 24.3 Å². The van der Waals surface area contributed by atoms with E-state index in [9.17, 15) is 9.18 Å². The van der Waals surface area contributed by atoms with Crippen LogP contribution in [0, 0.1) is 11.7 Å². The number of rotatable bonds is 5. The third kappa shape index (κ3) is 4.74. The number of nitrogens with one attached hydrogen (secondary N) is 1. The number of aromatic nitrogens is 3. The number of hydrogen-bond acceptors (Lipinski definition) is 5. The summed E-state index contributed by atoms with van der Waals surface area (Å²) in [6, 6.07) is 13.8. The van der Waals surface area contributed by atoms with E-state index < -0.39 is 0 Å². The van der Waals surface area contributed by atoms with Gasteiger partial charge in [-0.2, -0.15) is 0 Å².